The summed E-state index contributed by atoms with van der Waals surface area (Å²) in [6, 6.07) is 2.16. The van der Waals surface area contributed by atoms with E-state index < -0.39 is 0 Å². The fourth-order valence-electron chi connectivity index (χ4n) is 2.77. The number of hydrogen-bond acceptors (Lipinski definition) is 5. The van der Waals surface area contributed by atoms with Gasteiger partial charge < -0.3 is 10.2 Å². The monoisotopic (exact) mass is 369 g/mol. The Morgan fingerprint density at radius 2 is 2.38 bits per heavy atom. The first-order valence-corrected chi connectivity index (χ1v) is 8.94. The highest BCUT2D eigenvalue weighted by atomic mass is 35.5. The van der Waals surface area contributed by atoms with E-state index in [0.717, 1.165) is 37.4 Å². The molecule has 132 valence electrons. The van der Waals surface area contributed by atoms with Crippen molar-refractivity contribution in [3.8, 4) is 0 Å². The molecule has 0 bridgehead atoms. The van der Waals surface area contributed by atoms with Crippen LogP contribution in [0.1, 0.15) is 46.2 Å². The summed E-state index contributed by atoms with van der Waals surface area (Å²) in [6.45, 7) is 4.63. The molecule has 0 aromatic carbocycles. The summed E-state index contributed by atoms with van der Waals surface area (Å²) in [6.07, 6.45) is 7.05. The zero-order valence-corrected chi connectivity index (χ0v) is 15.7. The number of carbonyl (C=O) groups excluding carboxylic acids is 1. The zero-order valence-electron chi connectivity index (χ0n) is 14.1. The SMILES string of the molecule is CCc1cnc(CN(C)C(=O)c2ccn(C3CCCNC3)n2)s1.Cl. The Hall–Kier alpha value is -1.44. The molecule has 1 aliphatic rings. The molecule has 24 heavy (non-hydrogen) atoms. The molecule has 1 unspecified atom stereocenters. The van der Waals surface area contributed by atoms with E-state index in [9.17, 15) is 4.79 Å². The van der Waals surface area contributed by atoms with E-state index in [-0.39, 0.29) is 18.3 Å². The summed E-state index contributed by atoms with van der Waals surface area (Å²) in [5.41, 5.74) is 0.505. The van der Waals surface area contributed by atoms with Crippen LogP contribution in [0.3, 0.4) is 0 Å². The Balaban J connectivity index is 0.00000208. The van der Waals surface area contributed by atoms with Crippen molar-refractivity contribution in [1.29, 1.82) is 0 Å². The van der Waals surface area contributed by atoms with Crippen LogP contribution >= 0.6 is 23.7 Å². The summed E-state index contributed by atoms with van der Waals surface area (Å²) < 4.78 is 1.92. The molecule has 3 rings (SSSR count). The second-order valence-electron chi connectivity index (χ2n) is 5.92. The number of nitrogens with one attached hydrogen (secondary N) is 1. The van der Waals surface area contributed by atoms with Crippen LogP contribution in [0, 0.1) is 0 Å². The van der Waals surface area contributed by atoms with E-state index in [2.05, 4.69) is 22.3 Å². The van der Waals surface area contributed by atoms with Gasteiger partial charge in [0, 0.05) is 30.9 Å². The zero-order chi connectivity index (χ0) is 16.2. The summed E-state index contributed by atoms with van der Waals surface area (Å²) in [7, 11) is 1.80. The Morgan fingerprint density at radius 3 is 3.04 bits per heavy atom. The van der Waals surface area contributed by atoms with Crippen molar-refractivity contribution in [2.75, 3.05) is 20.1 Å². The number of thiazole rings is 1. The molecule has 2 aromatic heterocycles. The van der Waals surface area contributed by atoms with Crippen LogP contribution in [0.25, 0.3) is 0 Å². The minimum absolute atomic E-state index is 0. The molecule has 0 radical (unpaired) electrons. The van der Waals surface area contributed by atoms with Gasteiger partial charge in [0.25, 0.3) is 5.91 Å². The highest BCUT2D eigenvalue weighted by Crippen LogP contribution is 2.18. The Morgan fingerprint density at radius 1 is 1.54 bits per heavy atom. The van der Waals surface area contributed by atoms with Crippen molar-refractivity contribution in [1.82, 2.24) is 25.0 Å². The van der Waals surface area contributed by atoms with Gasteiger partial charge in [-0.3, -0.25) is 9.48 Å². The molecule has 0 spiro atoms. The molecule has 1 aliphatic heterocycles. The normalized spacial score (nSPS) is 17.3. The first-order valence-electron chi connectivity index (χ1n) is 8.12. The second kappa shape index (κ2) is 8.60. The molecule has 1 saturated heterocycles. The highest BCUT2D eigenvalue weighted by molar-refractivity contribution is 7.11. The van der Waals surface area contributed by atoms with Gasteiger partial charge in [0.05, 0.1) is 12.6 Å². The van der Waals surface area contributed by atoms with Crippen LogP contribution in [0.5, 0.6) is 0 Å². The van der Waals surface area contributed by atoms with Crippen LogP contribution in [0.15, 0.2) is 18.5 Å². The van der Waals surface area contributed by atoms with Gasteiger partial charge in [-0.15, -0.1) is 23.7 Å². The minimum atomic E-state index is -0.0548. The Kier molecular flexibility index (Phi) is 6.77. The minimum Gasteiger partial charge on any atom is -0.334 e. The van der Waals surface area contributed by atoms with Gasteiger partial charge in [-0.25, -0.2) is 4.98 Å². The maximum atomic E-state index is 12.5. The van der Waals surface area contributed by atoms with Gasteiger partial charge >= 0.3 is 0 Å². The molecule has 8 heteroatoms. The molecule has 3 heterocycles. The van der Waals surface area contributed by atoms with Crippen LogP contribution in [-0.4, -0.2) is 45.7 Å². The number of halogens is 1. The first kappa shape index (κ1) is 18.9. The number of hydrogen-bond donors (Lipinski definition) is 1. The van der Waals surface area contributed by atoms with Crippen LogP contribution in [0.2, 0.25) is 0 Å². The van der Waals surface area contributed by atoms with Crippen LogP contribution in [-0.2, 0) is 13.0 Å². The molecule has 0 saturated carbocycles. The third-order valence-corrected chi connectivity index (χ3v) is 5.27. The molecule has 1 fully saturated rings. The van der Waals surface area contributed by atoms with Crippen molar-refractivity contribution < 1.29 is 4.79 Å². The predicted octanol–water partition coefficient (Wildman–Crippen LogP) is 2.52. The maximum absolute atomic E-state index is 12.5. The lowest BCUT2D eigenvalue weighted by Crippen LogP contribution is -2.32. The van der Waals surface area contributed by atoms with Crippen molar-refractivity contribution in [2.24, 2.45) is 0 Å². The van der Waals surface area contributed by atoms with E-state index in [4.69, 9.17) is 0 Å². The lowest BCUT2D eigenvalue weighted by Gasteiger charge is -2.23. The highest BCUT2D eigenvalue weighted by Gasteiger charge is 2.20. The summed E-state index contributed by atoms with van der Waals surface area (Å²) in [4.78, 5) is 19.8. The first-order chi connectivity index (χ1) is 11.2. The third-order valence-electron chi connectivity index (χ3n) is 4.14. The lowest BCUT2D eigenvalue weighted by molar-refractivity contribution is 0.0777. The average Bonchev–Trinajstić information content (AvgIpc) is 3.24. The van der Waals surface area contributed by atoms with E-state index >= 15 is 0 Å². The van der Waals surface area contributed by atoms with Gasteiger partial charge in [0.2, 0.25) is 0 Å². The smallest absolute Gasteiger partial charge is 0.274 e. The standard InChI is InChI=1S/C16H23N5OS.ClH/c1-3-13-10-18-15(23-13)11-20(2)16(22)14-6-8-21(19-14)12-5-4-7-17-9-12;/h6,8,10,12,17H,3-5,7,9,11H2,1-2H3;1H. The number of nitrogens with zero attached hydrogens (tertiary/aromatic N) is 4. The number of carbonyl (C=O) groups is 1. The maximum Gasteiger partial charge on any atom is 0.274 e. The van der Waals surface area contributed by atoms with Crippen LogP contribution < -0.4 is 5.32 Å². The van der Waals surface area contributed by atoms with Crippen molar-refractivity contribution in [3.63, 3.8) is 0 Å². The van der Waals surface area contributed by atoms with Crippen molar-refractivity contribution in [3.05, 3.63) is 34.0 Å². The quantitative estimate of drug-likeness (QED) is 0.879. The lowest BCUT2D eigenvalue weighted by atomic mass is 10.1. The van der Waals surface area contributed by atoms with E-state index in [1.54, 1.807) is 23.3 Å². The molecule has 2 aromatic rings. The molecule has 6 nitrogen and oxygen atoms in total. The average molecular weight is 370 g/mol. The largest absolute Gasteiger partial charge is 0.334 e. The summed E-state index contributed by atoms with van der Waals surface area (Å²) in [5.74, 6) is -0.0548. The molecule has 0 aliphatic carbocycles. The van der Waals surface area contributed by atoms with Gasteiger partial charge in [0.15, 0.2) is 0 Å². The fraction of sp³-hybridized carbons (Fsp3) is 0.562. The number of aromatic nitrogens is 3. The number of rotatable bonds is 5. The molecule has 1 atom stereocenters. The summed E-state index contributed by atoms with van der Waals surface area (Å²) >= 11 is 1.66. The van der Waals surface area contributed by atoms with E-state index in [0.29, 0.717) is 18.3 Å². The molecule has 1 amide bonds. The number of aryl methyl sites for hydroxylation is 1. The molecule has 1 N–H and O–H groups in total. The Bertz CT molecular complexity index is 665. The Labute approximate surface area is 152 Å². The van der Waals surface area contributed by atoms with Gasteiger partial charge in [-0.05, 0) is 31.9 Å². The van der Waals surface area contributed by atoms with Crippen molar-refractivity contribution in [2.45, 2.75) is 38.8 Å². The fourth-order valence-corrected chi connectivity index (χ4v) is 3.69. The van der Waals surface area contributed by atoms with Gasteiger partial charge in [-0.2, -0.15) is 5.10 Å². The van der Waals surface area contributed by atoms with E-state index in [1.165, 1.54) is 4.88 Å². The second-order valence-corrected chi connectivity index (χ2v) is 7.12. The number of piperidine rings is 1. The van der Waals surface area contributed by atoms with E-state index in [1.807, 2.05) is 23.1 Å². The third kappa shape index (κ3) is 4.34. The van der Waals surface area contributed by atoms with Crippen molar-refractivity contribution >= 4 is 29.7 Å². The van der Waals surface area contributed by atoms with Crippen LogP contribution in [0.4, 0.5) is 0 Å². The molecular weight excluding hydrogens is 346 g/mol. The topological polar surface area (TPSA) is 63.1 Å². The van der Waals surface area contributed by atoms with Gasteiger partial charge in [0.1, 0.15) is 10.7 Å². The summed E-state index contributed by atoms with van der Waals surface area (Å²) in [5, 5.41) is 8.82. The molecular formula is C16H24ClN5OS. The van der Waals surface area contributed by atoms with Gasteiger partial charge in [-0.1, -0.05) is 6.92 Å². The number of amides is 1. The predicted molar refractivity (Wildman–Crippen MR) is 97.9 cm³/mol.